The van der Waals surface area contributed by atoms with Crippen LogP contribution in [0, 0.1) is 0 Å². The molecule has 0 N–H and O–H groups in total. The minimum atomic E-state index is -0.675. The van der Waals surface area contributed by atoms with Crippen LogP contribution in [0.3, 0.4) is 0 Å². The van der Waals surface area contributed by atoms with Gasteiger partial charge in [-0.05, 0) is 25.7 Å². The van der Waals surface area contributed by atoms with Gasteiger partial charge in [-0.1, -0.05) is 52.4 Å². The Hall–Kier alpha value is -1.06. The van der Waals surface area contributed by atoms with E-state index in [0.29, 0.717) is 12.8 Å². The monoisotopic (exact) mass is 284 g/mol. The van der Waals surface area contributed by atoms with Crippen LogP contribution in [0.15, 0.2) is 0 Å². The average Bonchev–Trinajstić information content (AvgIpc) is 2.44. The third-order valence-electron chi connectivity index (χ3n) is 3.68. The lowest BCUT2D eigenvalue weighted by Gasteiger charge is -2.27. The van der Waals surface area contributed by atoms with Gasteiger partial charge in [-0.15, -0.1) is 0 Å². The maximum Gasteiger partial charge on any atom is 0.348 e. The molecule has 0 radical (unpaired) electrons. The fourth-order valence-electron chi connectivity index (χ4n) is 2.39. The molecule has 20 heavy (non-hydrogen) atoms. The molecule has 0 aromatic heterocycles. The predicted molar refractivity (Wildman–Crippen MR) is 77.3 cm³/mol. The Balaban J connectivity index is 2.26. The molecule has 1 heterocycles. The summed E-state index contributed by atoms with van der Waals surface area (Å²) in [5.41, 5.74) is 0. The SMILES string of the molecule is CCCCCCC1OC(=O)C(CCCCCC)OC1=O. The fraction of sp³-hybridized carbons (Fsp3) is 0.875. The van der Waals surface area contributed by atoms with E-state index in [0.717, 1.165) is 51.4 Å². The maximum atomic E-state index is 11.8. The number of rotatable bonds is 10. The third kappa shape index (κ3) is 5.93. The molecule has 4 heteroatoms. The summed E-state index contributed by atoms with van der Waals surface area (Å²) in [6, 6.07) is 0. The predicted octanol–water partition coefficient (Wildman–Crippen LogP) is 3.76. The number of carbonyl (C=O) groups is 2. The van der Waals surface area contributed by atoms with E-state index in [9.17, 15) is 9.59 Å². The molecule has 0 saturated carbocycles. The van der Waals surface area contributed by atoms with Crippen molar-refractivity contribution < 1.29 is 19.1 Å². The van der Waals surface area contributed by atoms with Gasteiger partial charge in [0.2, 0.25) is 0 Å². The van der Waals surface area contributed by atoms with E-state index in [-0.39, 0.29) is 11.9 Å². The number of hydrogen-bond donors (Lipinski definition) is 0. The van der Waals surface area contributed by atoms with Gasteiger partial charge < -0.3 is 9.47 Å². The van der Waals surface area contributed by atoms with Crippen molar-refractivity contribution >= 4 is 11.9 Å². The van der Waals surface area contributed by atoms with E-state index in [1.807, 2.05) is 0 Å². The van der Waals surface area contributed by atoms with Crippen molar-refractivity contribution in [3.63, 3.8) is 0 Å². The molecule has 1 aliphatic rings. The quantitative estimate of drug-likeness (QED) is 0.452. The van der Waals surface area contributed by atoms with E-state index >= 15 is 0 Å². The fourth-order valence-corrected chi connectivity index (χ4v) is 2.39. The van der Waals surface area contributed by atoms with Crippen LogP contribution in [0.5, 0.6) is 0 Å². The van der Waals surface area contributed by atoms with Crippen molar-refractivity contribution in [1.82, 2.24) is 0 Å². The van der Waals surface area contributed by atoms with Crippen molar-refractivity contribution in [1.29, 1.82) is 0 Å². The molecule has 0 aromatic rings. The number of unbranched alkanes of at least 4 members (excludes halogenated alkanes) is 6. The summed E-state index contributed by atoms with van der Waals surface area (Å²) in [5, 5.41) is 0. The zero-order valence-corrected chi connectivity index (χ0v) is 12.9. The van der Waals surface area contributed by atoms with Gasteiger partial charge in [0.25, 0.3) is 0 Å². The molecule has 0 bridgehead atoms. The Kier molecular flexibility index (Phi) is 8.31. The van der Waals surface area contributed by atoms with Crippen LogP contribution in [0.2, 0.25) is 0 Å². The van der Waals surface area contributed by atoms with Crippen molar-refractivity contribution in [3.05, 3.63) is 0 Å². The van der Waals surface area contributed by atoms with Crippen LogP contribution in [0.25, 0.3) is 0 Å². The van der Waals surface area contributed by atoms with Gasteiger partial charge in [0, 0.05) is 0 Å². The number of ether oxygens (including phenoxy) is 2. The molecule has 1 aliphatic heterocycles. The first-order chi connectivity index (χ1) is 9.69. The maximum absolute atomic E-state index is 11.8. The van der Waals surface area contributed by atoms with Crippen LogP contribution in [0.1, 0.15) is 78.1 Å². The van der Waals surface area contributed by atoms with Crippen LogP contribution >= 0.6 is 0 Å². The Bertz CT molecular complexity index is 271. The third-order valence-corrected chi connectivity index (χ3v) is 3.68. The minimum Gasteiger partial charge on any atom is -0.448 e. The number of esters is 2. The summed E-state index contributed by atoms with van der Waals surface area (Å²) < 4.78 is 10.5. The van der Waals surface area contributed by atoms with E-state index < -0.39 is 12.2 Å². The highest BCUT2D eigenvalue weighted by molar-refractivity contribution is 5.87. The standard InChI is InChI=1S/C16H28O4/c1-3-5-7-9-11-13-15(17)20-14(16(18)19-13)12-10-8-6-4-2/h13-14H,3-12H2,1-2H3. The van der Waals surface area contributed by atoms with Crippen molar-refractivity contribution in [2.75, 3.05) is 0 Å². The van der Waals surface area contributed by atoms with Gasteiger partial charge in [0.15, 0.2) is 12.2 Å². The highest BCUT2D eigenvalue weighted by Gasteiger charge is 2.37. The average molecular weight is 284 g/mol. The first-order valence-electron chi connectivity index (χ1n) is 8.10. The second-order valence-corrected chi connectivity index (χ2v) is 5.55. The molecule has 1 saturated heterocycles. The topological polar surface area (TPSA) is 52.6 Å². The minimum absolute atomic E-state index is 0.360. The summed E-state index contributed by atoms with van der Waals surface area (Å²) >= 11 is 0. The van der Waals surface area contributed by atoms with Crippen LogP contribution in [-0.2, 0) is 19.1 Å². The lowest BCUT2D eigenvalue weighted by atomic mass is 10.1. The Labute approximate surface area is 122 Å². The van der Waals surface area contributed by atoms with E-state index in [1.165, 1.54) is 0 Å². The van der Waals surface area contributed by atoms with Crippen LogP contribution in [0.4, 0.5) is 0 Å². The van der Waals surface area contributed by atoms with Gasteiger partial charge in [-0.2, -0.15) is 0 Å². The van der Waals surface area contributed by atoms with Crippen LogP contribution in [-0.4, -0.2) is 24.1 Å². The first-order valence-corrected chi connectivity index (χ1v) is 8.10. The van der Waals surface area contributed by atoms with Gasteiger partial charge in [-0.3, -0.25) is 0 Å². The number of hydrogen-bond acceptors (Lipinski definition) is 4. The molecule has 2 atom stereocenters. The van der Waals surface area contributed by atoms with E-state index in [1.54, 1.807) is 0 Å². The van der Waals surface area contributed by atoms with Gasteiger partial charge in [0.05, 0.1) is 0 Å². The second kappa shape index (κ2) is 9.78. The largest absolute Gasteiger partial charge is 0.448 e. The Morgan fingerprint density at radius 1 is 0.700 bits per heavy atom. The summed E-state index contributed by atoms with van der Waals surface area (Å²) in [6.45, 7) is 4.27. The molecule has 1 rings (SSSR count). The zero-order valence-electron chi connectivity index (χ0n) is 12.9. The molecule has 2 unspecified atom stereocenters. The second-order valence-electron chi connectivity index (χ2n) is 5.55. The van der Waals surface area contributed by atoms with Gasteiger partial charge >= 0.3 is 11.9 Å². The molecule has 1 fully saturated rings. The highest BCUT2D eigenvalue weighted by Crippen LogP contribution is 2.20. The normalized spacial score (nSPS) is 22.5. The lowest BCUT2D eigenvalue weighted by molar-refractivity contribution is -0.196. The molecular formula is C16H28O4. The summed E-state index contributed by atoms with van der Waals surface area (Å²) in [6.07, 6.45) is 8.37. The Morgan fingerprint density at radius 3 is 1.45 bits per heavy atom. The smallest absolute Gasteiger partial charge is 0.348 e. The zero-order chi connectivity index (χ0) is 14.8. The Morgan fingerprint density at radius 2 is 1.10 bits per heavy atom. The lowest BCUT2D eigenvalue weighted by Crippen LogP contribution is -2.43. The number of cyclic esters (lactones) is 2. The van der Waals surface area contributed by atoms with Crippen LogP contribution < -0.4 is 0 Å². The molecule has 0 aliphatic carbocycles. The van der Waals surface area contributed by atoms with E-state index in [2.05, 4.69) is 13.8 Å². The number of carbonyl (C=O) groups excluding carboxylic acids is 2. The molecular weight excluding hydrogens is 256 g/mol. The van der Waals surface area contributed by atoms with E-state index in [4.69, 9.17) is 9.47 Å². The van der Waals surface area contributed by atoms with Crippen molar-refractivity contribution in [3.8, 4) is 0 Å². The molecule has 4 nitrogen and oxygen atoms in total. The first kappa shape index (κ1) is 17.0. The summed E-state index contributed by atoms with van der Waals surface area (Å²) in [5.74, 6) is -0.719. The summed E-state index contributed by atoms with van der Waals surface area (Å²) in [7, 11) is 0. The molecule has 0 amide bonds. The van der Waals surface area contributed by atoms with Gasteiger partial charge in [-0.25, -0.2) is 9.59 Å². The van der Waals surface area contributed by atoms with Gasteiger partial charge in [0.1, 0.15) is 0 Å². The molecule has 116 valence electrons. The molecule has 0 aromatic carbocycles. The highest BCUT2D eigenvalue weighted by atomic mass is 16.6. The van der Waals surface area contributed by atoms with Crippen molar-refractivity contribution in [2.45, 2.75) is 90.3 Å². The summed E-state index contributed by atoms with van der Waals surface area (Å²) in [4.78, 5) is 23.6. The van der Waals surface area contributed by atoms with Crippen molar-refractivity contribution in [2.24, 2.45) is 0 Å². The molecule has 0 spiro atoms.